The summed E-state index contributed by atoms with van der Waals surface area (Å²) in [6.07, 6.45) is 0. The van der Waals surface area contributed by atoms with Gasteiger partial charge in [-0.3, -0.25) is 4.79 Å². The van der Waals surface area contributed by atoms with Crippen LogP contribution in [0.15, 0.2) is 30.3 Å². The molecule has 0 saturated carbocycles. The Labute approximate surface area is 153 Å². The molecule has 0 aliphatic rings. The number of aryl methyl sites for hydroxylation is 1. The molecule has 0 spiro atoms. The Morgan fingerprint density at radius 3 is 2.04 bits per heavy atom. The van der Waals surface area contributed by atoms with Crippen molar-refractivity contribution in [2.45, 2.75) is 6.92 Å². The van der Waals surface area contributed by atoms with E-state index in [1.807, 2.05) is 13.0 Å². The van der Waals surface area contributed by atoms with Crippen LogP contribution < -0.4 is 29.6 Å². The molecule has 2 aromatic rings. The quantitative estimate of drug-likeness (QED) is 0.753. The first kappa shape index (κ1) is 19.2. The van der Waals surface area contributed by atoms with Crippen LogP contribution in [0.3, 0.4) is 0 Å². The molecular weight excluding hydrogens is 336 g/mol. The molecule has 7 heteroatoms. The Bertz CT molecular complexity index is 777. The molecule has 0 radical (unpaired) electrons. The lowest BCUT2D eigenvalue weighted by Crippen LogP contribution is -2.22. The molecule has 0 saturated heterocycles. The van der Waals surface area contributed by atoms with Crippen molar-refractivity contribution in [1.82, 2.24) is 0 Å². The first-order chi connectivity index (χ1) is 12.5. The van der Waals surface area contributed by atoms with E-state index in [2.05, 4.69) is 10.6 Å². The van der Waals surface area contributed by atoms with E-state index in [-0.39, 0.29) is 12.5 Å². The average molecular weight is 360 g/mol. The maximum atomic E-state index is 12.2. The Kier molecular flexibility index (Phi) is 6.54. The standard InChI is InChI=1S/C19H24N2O5/c1-12-8-16(24-3)18(26-5)10-14(12)20-11-19(22)21-13-6-7-15(23-2)17(9-13)25-4/h6-10,20H,11H2,1-5H3,(H,21,22). The minimum atomic E-state index is -0.189. The van der Waals surface area contributed by atoms with Crippen LogP contribution in [0.4, 0.5) is 11.4 Å². The summed E-state index contributed by atoms with van der Waals surface area (Å²) < 4.78 is 21.0. The number of hydrogen-bond acceptors (Lipinski definition) is 6. The van der Waals surface area contributed by atoms with Gasteiger partial charge in [-0.1, -0.05) is 0 Å². The Hall–Kier alpha value is -3.09. The third-order valence-corrected chi connectivity index (χ3v) is 3.84. The van der Waals surface area contributed by atoms with E-state index < -0.39 is 0 Å². The molecule has 0 unspecified atom stereocenters. The molecule has 2 rings (SSSR count). The average Bonchev–Trinajstić information content (AvgIpc) is 2.66. The molecular formula is C19H24N2O5. The van der Waals surface area contributed by atoms with E-state index in [1.165, 1.54) is 0 Å². The number of benzene rings is 2. The normalized spacial score (nSPS) is 10.0. The lowest BCUT2D eigenvalue weighted by atomic mass is 10.1. The van der Waals surface area contributed by atoms with Gasteiger partial charge in [0.2, 0.25) is 5.91 Å². The van der Waals surface area contributed by atoms with Crippen LogP contribution in [0.2, 0.25) is 0 Å². The van der Waals surface area contributed by atoms with E-state index in [0.29, 0.717) is 28.7 Å². The van der Waals surface area contributed by atoms with Crippen molar-refractivity contribution in [2.75, 3.05) is 45.6 Å². The van der Waals surface area contributed by atoms with Gasteiger partial charge in [0.25, 0.3) is 0 Å². The van der Waals surface area contributed by atoms with Crippen molar-refractivity contribution in [3.8, 4) is 23.0 Å². The zero-order valence-corrected chi connectivity index (χ0v) is 15.6. The second-order valence-corrected chi connectivity index (χ2v) is 5.49. The minimum Gasteiger partial charge on any atom is -0.493 e. The summed E-state index contributed by atoms with van der Waals surface area (Å²) in [5.74, 6) is 2.20. The lowest BCUT2D eigenvalue weighted by molar-refractivity contribution is -0.114. The van der Waals surface area contributed by atoms with Crippen molar-refractivity contribution in [3.05, 3.63) is 35.9 Å². The zero-order chi connectivity index (χ0) is 19.1. The maximum Gasteiger partial charge on any atom is 0.243 e. The number of carbonyl (C=O) groups is 1. The van der Waals surface area contributed by atoms with Gasteiger partial charge in [-0.05, 0) is 30.7 Å². The highest BCUT2D eigenvalue weighted by atomic mass is 16.5. The second kappa shape index (κ2) is 8.84. The van der Waals surface area contributed by atoms with Crippen molar-refractivity contribution in [1.29, 1.82) is 0 Å². The molecule has 0 heterocycles. The Morgan fingerprint density at radius 2 is 1.42 bits per heavy atom. The summed E-state index contributed by atoms with van der Waals surface area (Å²) in [6.45, 7) is 2.03. The van der Waals surface area contributed by atoms with Crippen LogP contribution in [0.1, 0.15) is 5.56 Å². The highest BCUT2D eigenvalue weighted by Gasteiger charge is 2.11. The van der Waals surface area contributed by atoms with Gasteiger partial charge < -0.3 is 29.6 Å². The number of amides is 1. The number of methoxy groups -OCH3 is 4. The molecule has 26 heavy (non-hydrogen) atoms. The van der Waals surface area contributed by atoms with Gasteiger partial charge in [-0.15, -0.1) is 0 Å². The van der Waals surface area contributed by atoms with E-state index in [1.54, 1.807) is 52.7 Å². The van der Waals surface area contributed by atoms with Crippen LogP contribution >= 0.6 is 0 Å². The predicted octanol–water partition coefficient (Wildman–Crippen LogP) is 3.08. The lowest BCUT2D eigenvalue weighted by Gasteiger charge is -2.15. The van der Waals surface area contributed by atoms with Crippen molar-refractivity contribution < 1.29 is 23.7 Å². The Balaban J connectivity index is 2.03. The molecule has 2 aromatic carbocycles. The summed E-state index contributed by atoms with van der Waals surface area (Å²) in [5.41, 5.74) is 2.37. The monoisotopic (exact) mass is 360 g/mol. The predicted molar refractivity (Wildman–Crippen MR) is 101 cm³/mol. The number of ether oxygens (including phenoxy) is 4. The molecule has 0 atom stereocenters. The largest absolute Gasteiger partial charge is 0.493 e. The van der Waals surface area contributed by atoms with E-state index in [4.69, 9.17) is 18.9 Å². The number of carbonyl (C=O) groups excluding carboxylic acids is 1. The molecule has 0 aliphatic carbocycles. The highest BCUT2D eigenvalue weighted by molar-refractivity contribution is 5.94. The summed E-state index contributed by atoms with van der Waals surface area (Å²) in [4.78, 5) is 12.2. The number of anilines is 2. The molecule has 0 bridgehead atoms. The summed E-state index contributed by atoms with van der Waals surface area (Å²) in [6, 6.07) is 8.85. The van der Waals surface area contributed by atoms with E-state index in [0.717, 1.165) is 11.3 Å². The summed E-state index contributed by atoms with van der Waals surface area (Å²) in [7, 11) is 6.26. The van der Waals surface area contributed by atoms with Crippen LogP contribution in [-0.4, -0.2) is 40.9 Å². The third-order valence-electron chi connectivity index (χ3n) is 3.84. The van der Waals surface area contributed by atoms with E-state index >= 15 is 0 Å². The zero-order valence-electron chi connectivity index (χ0n) is 15.6. The fraction of sp³-hybridized carbons (Fsp3) is 0.316. The SMILES string of the molecule is COc1ccc(NC(=O)CNc2cc(OC)c(OC)cc2C)cc1OC. The van der Waals surface area contributed by atoms with Crippen LogP contribution in [-0.2, 0) is 4.79 Å². The molecule has 0 aliphatic heterocycles. The first-order valence-electron chi connectivity index (χ1n) is 8.00. The second-order valence-electron chi connectivity index (χ2n) is 5.49. The smallest absolute Gasteiger partial charge is 0.243 e. The molecule has 1 amide bonds. The van der Waals surface area contributed by atoms with Gasteiger partial charge in [-0.2, -0.15) is 0 Å². The highest BCUT2D eigenvalue weighted by Crippen LogP contribution is 2.33. The summed E-state index contributed by atoms with van der Waals surface area (Å²) in [5, 5.41) is 5.92. The van der Waals surface area contributed by atoms with Gasteiger partial charge in [0.1, 0.15) is 0 Å². The first-order valence-corrected chi connectivity index (χ1v) is 8.00. The topological polar surface area (TPSA) is 78.1 Å². The molecule has 0 aromatic heterocycles. The summed E-state index contributed by atoms with van der Waals surface area (Å²) >= 11 is 0. The van der Waals surface area contributed by atoms with E-state index in [9.17, 15) is 4.79 Å². The number of rotatable bonds is 8. The Morgan fingerprint density at radius 1 is 0.846 bits per heavy atom. The van der Waals surface area contributed by atoms with Crippen LogP contribution in [0.5, 0.6) is 23.0 Å². The molecule has 2 N–H and O–H groups in total. The minimum absolute atomic E-state index is 0.102. The van der Waals surface area contributed by atoms with Gasteiger partial charge in [0.05, 0.1) is 35.0 Å². The fourth-order valence-corrected chi connectivity index (χ4v) is 2.47. The van der Waals surface area contributed by atoms with Crippen LogP contribution in [0.25, 0.3) is 0 Å². The third kappa shape index (κ3) is 4.50. The van der Waals surface area contributed by atoms with Crippen molar-refractivity contribution >= 4 is 17.3 Å². The maximum absolute atomic E-state index is 12.2. The van der Waals surface area contributed by atoms with Gasteiger partial charge in [0.15, 0.2) is 23.0 Å². The van der Waals surface area contributed by atoms with Crippen molar-refractivity contribution in [3.63, 3.8) is 0 Å². The van der Waals surface area contributed by atoms with Gasteiger partial charge in [0, 0.05) is 23.5 Å². The molecule has 0 fully saturated rings. The number of nitrogens with one attached hydrogen (secondary N) is 2. The van der Waals surface area contributed by atoms with Gasteiger partial charge in [-0.25, -0.2) is 0 Å². The van der Waals surface area contributed by atoms with Crippen molar-refractivity contribution in [2.24, 2.45) is 0 Å². The van der Waals surface area contributed by atoms with Gasteiger partial charge >= 0.3 is 0 Å². The van der Waals surface area contributed by atoms with Crippen LogP contribution in [0, 0.1) is 6.92 Å². The molecule has 7 nitrogen and oxygen atoms in total. The fourth-order valence-electron chi connectivity index (χ4n) is 2.47. The number of hydrogen-bond donors (Lipinski definition) is 2. The molecule has 140 valence electrons.